The Labute approximate surface area is 165 Å². The molecule has 29 heavy (non-hydrogen) atoms. The van der Waals surface area contributed by atoms with Crippen molar-refractivity contribution in [3.8, 4) is 23.1 Å². The Morgan fingerprint density at radius 3 is 2.62 bits per heavy atom. The Morgan fingerprint density at radius 1 is 1.21 bits per heavy atom. The number of nitrogens with one attached hydrogen (secondary N) is 1. The van der Waals surface area contributed by atoms with Crippen LogP contribution < -0.4 is 10.1 Å². The van der Waals surface area contributed by atoms with Crippen molar-refractivity contribution in [3.63, 3.8) is 0 Å². The quantitative estimate of drug-likeness (QED) is 0.289. The van der Waals surface area contributed by atoms with Gasteiger partial charge in [0.1, 0.15) is 28.9 Å². The highest BCUT2D eigenvalue weighted by atomic mass is 16.6. The van der Waals surface area contributed by atoms with Crippen molar-refractivity contribution in [2.24, 2.45) is 0 Å². The van der Waals surface area contributed by atoms with Gasteiger partial charge >= 0.3 is 0 Å². The highest BCUT2D eigenvalue weighted by Crippen LogP contribution is 2.34. The van der Waals surface area contributed by atoms with E-state index in [9.17, 15) is 20.2 Å². The number of non-ortho nitro benzene ring substituents is 1. The minimum Gasteiger partial charge on any atom is -0.496 e. The number of para-hydroxylation sites is 1. The number of hydrogen-bond acceptors (Lipinski definition) is 6. The lowest BCUT2D eigenvalue weighted by atomic mass is 10.1. The standard InChI is InChI=1S/C21H15N3O5/c1-28-19-9-7-16(24(26)27)12-18(19)20-10-8-17(29-20)11-14(13-22)21(25)23-15-5-3-2-4-6-15/h2-12H,1H3,(H,23,25)/b14-11-. The number of furan rings is 1. The van der Waals surface area contributed by atoms with Crippen LogP contribution in [0.1, 0.15) is 5.76 Å². The third-order valence-corrected chi connectivity index (χ3v) is 3.97. The van der Waals surface area contributed by atoms with E-state index in [4.69, 9.17) is 9.15 Å². The zero-order valence-electron chi connectivity index (χ0n) is 15.3. The van der Waals surface area contributed by atoms with Gasteiger partial charge in [-0.25, -0.2) is 0 Å². The number of nitro groups is 1. The average molecular weight is 389 g/mol. The molecule has 0 aliphatic heterocycles. The van der Waals surface area contributed by atoms with Gasteiger partial charge in [0.15, 0.2) is 0 Å². The summed E-state index contributed by atoms with van der Waals surface area (Å²) in [5, 5.41) is 23.0. The summed E-state index contributed by atoms with van der Waals surface area (Å²) >= 11 is 0. The lowest BCUT2D eigenvalue weighted by Gasteiger charge is -2.05. The van der Waals surface area contributed by atoms with E-state index >= 15 is 0 Å². The molecule has 3 aromatic rings. The molecule has 8 nitrogen and oxygen atoms in total. The average Bonchev–Trinajstić information content (AvgIpc) is 3.20. The van der Waals surface area contributed by atoms with Crippen molar-refractivity contribution in [2.45, 2.75) is 0 Å². The Bertz CT molecular complexity index is 1130. The summed E-state index contributed by atoms with van der Waals surface area (Å²) in [6.07, 6.45) is 1.30. The van der Waals surface area contributed by atoms with Crippen molar-refractivity contribution in [1.82, 2.24) is 0 Å². The number of anilines is 1. The molecule has 1 N–H and O–H groups in total. The smallest absolute Gasteiger partial charge is 0.270 e. The molecule has 0 aliphatic rings. The maximum absolute atomic E-state index is 12.3. The number of nitriles is 1. The van der Waals surface area contributed by atoms with E-state index < -0.39 is 10.8 Å². The first-order valence-corrected chi connectivity index (χ1v) is 8.42. The number of ether oxygens (including phenoxy) is 1. The molecule has 0 spiro atoms. The molecule has 0 unspecified atom stereocenters. The van der Waals surface area contributed by atoms with Gasteiger partial charge in [-0.3, -0.25) is 14.9 Å². The van der Waals surface area contributed by atoms with Gasteiger partial charge in [-0.05, 0) is 30.3 Å². The molecule has 0 saturated carbocycles. The zero-order chi connectivity index (χ0) is 20.8. The molecule has 1 aromatic heterocycles. The summed E-state index contributed by atoms with van der Waals surface area (Å²) < 4.78 is 10.9. The molecule has 0 bridgehead atoms. The van der Waals surface area contributed by atoms with Gasteiger partial charge in [0.2, 0.25) is 0 Å². The second-order valence-corrected chi connectivity index (χ2v) is 5.83. The van der Waals surface area contributed by atoms with E-state index in [0.29, 0.717) is 22.8 Å². The van der Waals surface area contributed by atoms with Crippen LogP contribution in [-0.2, 0) is 4.79 Å². The monoisotopic (exact) mass is 389 g/mol. The minimum absolute atomic E-state index is 0.116. The fourth-order valence-corrected chi connectivity index (χ4v) is 2.59. The van der Waals surface area contributed by atoms with Crippen LogP contribution in [0.25, 0.3) is 17.4 Å². The first kappa shape index (κ1) is 19.4. The number of hydrogen-bond donors (Lipinski definition) is 1. The zero-order valence-corrected chi connectivity index (χ0v) is 15.3. The van der Waals surface area contributed by atoms with Crippen molar-refractivity contribution in [3.05, 3.63) is 82.1 Å². The molecule has 0 fully saturated rings. The largest absolute Gasteiger partial charge is 0.496 e. The van der Waals surface area contributed by atoms with Crippen LogP contribution in [0.4, 0.5) is 11.4 Å². The predicted molar refractivity (Wildman–Crippen MR) is 106 cm³/mol. The number of nitrogens with zero attached hydrogens (tertiary/aromatic N) is 2. The Hall–Kier alpha value is -4.38. The molecule has 0 saturated heterocycles. The Kier molecular flexibility index (Phi) is 5.71. The maximum atomic E-state index is 12.3. The fourth-order valence-electron chi connectivity index (χ4n) is 2.59. The second-order valence-electron chi connectivity index (χ2n) is 5.83. The number of carbonyl (C=O) groups is 1. The highest BCUT2D eigenvalue weighted by molar-refractivity contribution is 6.09. The SMILES string of the molecule is COc1ccc([N+](=O)[O-])cc1-c1ccc(/C=C(/C#N)C(=O)Nc2ccccc2)o1. The minimum atomic E-state index is -0.579. The van der Waals surface area contributed by atoms with E-state index in [1.807, 2.05) is 12.1 Å². The molecule has 3 rings (SSSR count). The van der Waals surface area contributed by atoms with Crippen molar-refractivity contribution >= 4 is 23.4 Å². The molecule has 2 aromatic carbocycles. The Balaban J connectivity index is 1.89. The summed E-state index contributed by atoms with van der Waals surface area (Å²) in [4.78, 5) is 22.8. The number of nitro benzene ring substituents is 1. The molecule has 0 aliphatic carbocycles. The molecule has 1 amide bonds. The van der Waals surface area contributed by atoms with Crippen LogP contribution in [0.2, 0.25) is 0 Å². The molecule has 1 heterocycles. The van der Waals surface area contributed by atoms with Crippen LogP contribution in [0.5, 0.6) is 5.75 Å². The molecular weight excluding hydrogens is 374 g/mol. The van der Waals surface area contributed by atoms with Crippen LogP contribution >= 0.6 is 0 Å². The maximum Gasteiger partial charge on any atom is 0.270 e. The number of rotatable bonds is 6. The topological polar surface area (TPSA) is 118 Å². The Morgan fingerprint density at radius 2 is 1.97 bits per heavy atom. The van der Waals surface area contributed by atoms with Gasteiger partial charge in [-0.2, -0.15) is 5.26 Å². The van der Waals surface area contributed by atoms with Gasteiger partial charge in [-0.15, -0.1) is 0 Å². The van der Waals surface area contributed by atoms with E-state index in [1.54, 1.807) is 36.4 Å². The molecule has 8 heteroatoms. The number of benzene rings is 2. The lowest BCUT2D eigenvalue weighted by Crippen LogP contribution is -2.13. The van der Waals surface area contributed by atoms with Crippen LogP contribution in [0.3, 0.4) is 0 Å². The first-order chi connectivity index (χ1) is 14.0. The normalized spacial score (nSPS) is 10.8. The van der Waals surface area contributed by atoms with Gasteiger partial charge in [-0.1, -0.05) is 18.2 Å². The van der Waals surface area contributed by atoms with Crippen molar-refractivity contribution in [2.75, 3.05) is 12.4 Å². The van der Waals surface area contributed by atoms with Crippen LogP contribution in [0, 0.1) is 21.4 Å². The fraction of sp³-hybridized carbons (Fsp3) is 0.0476. The van der Waals surface area contributed by atoms with E-state index in [2.05, 4.69) is 5.32 Å². The third-order valence-electron chi connectivity index (χ3n) is 3.97. The summed E-state index contributed by atoms with van der Waals surface area (Å²) in [7, 11) is 1.44. The van der Waals surface area contributed by atoms with Crippen LogP contribution in [-0.4, -0.2) is 17.9 Å². The summed E-state index contributed by atoms with van der Waals surface area (Å²) in [6.45, 7) is 0. The van der Waals surface area contributed by atoms with Gasteiger partial charge in [0.05, 0.1) is 17.6 Å². The molecular formula is C21H15N3O5. The van der Waals surface area contributed by atoms with E-state index in [0.717, 1.165) is 0 Å². The number of amides is 1. The van der Waals surface area contributed by atoms with Crippen molar-refractivity contribution in [1.29, 1.82) is 5.26 Å². The van der Waals surface area contributed by atoms with Crippen LogP contribution in [0.15, 0.2) is 70.7 Å². The number of methoxy groups -OCH3 is 1. The van der Waals surface area contributed by atoms with E-state index in [1.165, 1.54) is 31.4 Å². The second kappa shape index (κ2) is 8.54. The number of carbonyl (C=O) groups excluding carboxylic acids is 1. The molecule has 0 atom stereocenters. The molecule has 144 valence electrons. The van der Waals surface area contributed by atoms with Gasteiger partial charge in [0.25, 0.3) is 11.6 Å². The highest BCUT2D eigenvalue weighted by Gasteiger charge is 2.16. The summed E-state index contributed by atoms with van der Waals surface area (Å²) in [5.74, 6) is 0.360. The van der Waals surface area contributed by atoms with E-state index in [-0.39, 0.29) is 17.0 Å². The summed E-state index contributed by atoms with van der Waals surface area (Å²) in [5.41, 5.74) is 0.670. The van der Waals surface area contributed by atoms with Gasteiger partial charge < -0.3 is 14.5 Å². The molecule has 0 radical (unpaired) electrons. The third kappa shape index (κ3) is 4.48. The summed E-state index contributed by atoms with van der Waals surface area (Å²) in [6, 6.07) is 17.8. The van der Waals surface area contributed by atoms with Gasteiger partial charge in [0, 0.05) is 23.9 Å². The first-order valence-electron chi connectivity index (χ1n) is 8.42. The predicted octanol–water partition coefficient (Wildman–Crippen LogP) is 4.41. The van der Waals surface area contributed by atoms with Crippen molar-refractivity contribution < 1.29 is 18.9 Å². The lowest BCUT2D eigenvalue weighted by molar-refractivity contribution is -0.384.